The van der Waals surface area contributed by atoms with Crippen molar-refractivity contribution in [3.8, 4) is 0 Å². The van der Waals surface area contributed by atoms with Gasteiger partial charge in [-0.25, -0.2) is 0 Å². The van der Waals surface area contributed by atoms with Crippen LogP contribution in [0, 0.1) is 0 Å². The molecule has 1 fully saturated rings. The van der Waals surface area contributed by atoms with E-state index < -0.39 is 5.54 Å². The van der Waals surface area contributed by atoms with Crippen LogP contribution in [0.1, 0.15) is 39.5 Å². The first-order valence-corrected chi connectivity index (χ1v) is 7.32. The molecule has 19 heavy (non-hydrogen) atoms. The van der Waals surface area contributed by atoms with Crippen LogP contribution in [0.15, 0.2) is 0 Å². The van der Waals surface area contributed by atoms with Crippen molar-refractivity contribution in [3.63, 3.8) is 0 Å². The third kappa shape index (κ3) is 5.09. The van der Waals surface area contributed by atoms with Crippen molar-refractivity contribution < 1.29 is 9.53 Å². The zero-order chi connectivity index (χ0) is 14.3. The predicted molar refractivity (Wildman–Crippen MR) is 77.0 cm³/mol. The number of nitrogens with two attached hydrogens (primary N) is 1. The van der Waals surface area contributed by atoms with Crippen molar-refractivity contribution in [2.24, 2.45) is 5.73 Å². The average molecular weight is 271 g/mol. The monoisotopic (exact) mass is 271 g/mol. The van der Waals surface area contributed by atoms with Gasteiger partial charge in [0.2, 0.25) is 5.91 Å². The van der Waals surface area contributed by atoms with E-state index >= 15 is 0 Å². The third-order valence-corrected chi connectivity index (χ3v) is 4.10. The molecule has 1 heterocycles. The summed E-state index contributed by atoms with van der Waals surface area (Å²) in [5, 5.41) is 3.28. The van der Waals surface area contributed by atoms with E-state index in [-0.39, 0.29) is 5.91 Å². The smallest absolute Gasteiger partial charge is 0.237 e. The van der Waals surface area contributed by atoms with E-state index in [4.69, 9.17) is 10.5 Å². The highest BCUT2D eigenvalue weighted by atomic mass is 16.5. The van der Waals surface area contributed by atoms with Gasteiger partial charge in [0.15, 0.2) is 0 Å². The van der Waals surface area contributed by atoms with Crippen LogP contribution < -0.4 is 11.1 Å². The molecule has 5 nitrogen and oxygen atoms in total. The maximum atomic E-state index is 11.6. The van der Waals surface area contributed by atoms with Gasteiger partial charge in [-0.15, -0.1) is 0 Å². The van der Waals surface area contributed by atoms with E-state index in [9.17, 15) is 4.79 Å². The first-order chi connectivity index (χ1) is 9.01. The largest absolute Gasteiger partial charge is 0.381 e. The van der Waals surface area contributed by atoms with E-state index in [1.807, 2.05) is 6.92 Å². The van der Waals surface area contributed by atoms with E-state index in [0.29, 0.717) is 6.10 Å². The number of rotatable bonds is 8. The normalized spacial score (nSPS) is 21.2. The van der Waals surface area contributed by atoms with Gasteiger partial charge in [0.05, 0.1) is 11.6 Å². The van der Waals surface area contributed by atoms with Crippen LogP contribution in [0.3, 0.4) is 0 Å². The van der Waals surface area contributed by atoms with Gasteiger partial charge in [-0.1, -0.05) is 6.92 Å². The Morgan fingerprint density at radius 1 is 1.47 bits per heavy atom. The lowest BCUT2D eigenvalue weighted by Crippen LogP contribution is -2.55. The standard InChI is InChI=1S/C14H29N3O2/c1-4-8-16-14(2,13(15)18)7-11-17-9-5-12(19-3)6-10-17/h12,16H,4-11H2,1-3H3,(H2,15,18). The molecule has 3 N–H and O–H groups in total. The number of methoxy groups -OCH3 is 1. The zero-order valence-electron chi connectivity index (χ0n) is 12.6. The summed E-state index contributed by atoms with van der Waals surface area (Å²) in [4.78, 5) is 14.0. The molecule has 1 saturated heterocycles. The molecule has 5 heteroatoms. The fourth-order valence-corrected chi connectivity index (χ4v) is 2.45. The maximum Gasteiger partial charge on any atom is 0.237 e. The number of nitrogens with one attached hydrogen (secondary N) is 1. The fraction of sp³-hybridized carbons (Fsp3) is 0.929. The maximum absolute atomic E-state index is 11.6. The van der Waals surface area contributed by atoms with Crippen LogP contribution in [0.4, 0.5) is 0 Å². The average Bonchev–Trinajstić information content (AvgIpc) is 2.43. The SMILES string of the molecule is CCCNC(C)(CCN1CCC(OC)CC1)C(N)=O. The number of hydrogen-bond donors (Lipinski definition) is 2. The van der Waals surface area contributed by atoms with Crippen LogP contribution in [0.25, 0.3) is 0 Å². The van der Waals surface area contributed by atoms with Crippen LogP contribution in [0.2, 0.25) is 0 Å². The Labute approximate surface area is 116 Å². The molecule has 112 valence electrons. The van der Waals surface area contributed by atoms with E-state index in [0.717, 1.165) is 51.9 Å². The minimum Gasteiger partial charge on any atom is -0.381 e. The summed E-state index contributed by atoms with van der Waals surface area (Å²) in [6, 6.07) is 0. The molecule has 1 rings (SSSR count). The molecule has 0 radical (unpaired) electrons. The zero-order valence-corrected chi connectivity index (χ0v) is 12.6. The molecule has 1 atom stereocenters. The number of amides is 1. The Morgan fingerprint density at radius 2 is 2.11 bits per heavy atom. The summed E-state index contributed by atoms with van der Waals surface area (Å²) in [6.07, 6.45) is 4.32. The second-order valence-electron chi connectivity index (χ2n) is 5.65. The second-order valence-corrected chi connectivity index (χ2v) is 5.65. The molecule has 0 saturated carbocycles. The molecule has 0 aromatic carbocycles. The number of primary amides is 1. The van der Waals surface area contributed by atoms with Crippen molar-refractivity contribution in [1.82, 2.24) is 10.2 Å². The molecule has 1 unspecified atom stereocenters. The fourth-order valence-electron chi connectivity index (χ4n) is 2.45. The van der Waals surface area contributed by atoms with E-state index in [2.05, 4.69) is 17.1 Å². The van der Waals surface area contributed by atoms with E-state index in [1.165, 1.54) is 0 Å². The highest BCUT2D eigenvalue weighted by molar-refractivity contribution is 5.84. The number of nitrogens with zero attached hydrogens (tertiary/aromatic N) is 1. The number of piperidine rings is 1. The summed E-state index contributed by atoms with van der Waals surface area (Å²) in [7, 11) is 1.78. The Kier molecular flexibility index (Phi) is 6.75. The number of carbonyl (C=O) groups is 1. The number of ether oxygens (including phenoxy) is 1. The summed E-state index contributed by atoms with van der Waals surface area (Å²) < 4.78 is 5.36. The first kappa shape index (κ1) is 16.4. The first-order valence-electron chi connectivity index (χ1n) is 7.32. The second kappa shape index (κ2) is 7.82. The van der Waals surface area contributed by atoms with Crippen LogP contribution in [0.5, 0.6) is 0 Å². The summed E-state index contributed by atoms with van der Waals surface area (Å²) >= 11 is 0. The molecule has 1 aliphatic heterocycles. The Hall–Kier alpha value is -0.650. The minimum absolute atomic E-state index is 0.257. The van der Waals surface area contributed by atoms with Crippen molar-refractivity contribution in [2.45, 2.75) is 51.2 Å². The highest BCUT2D eigenvalue weighted by Crippen LogP contribution is 2.16. The topological polar surface area (TPSA) is 67.6 Å². The van der Waals surface area contributed by atoms with Gasteiger partial charge in [-0.05, 0) is 39.2 Å². The Morgan fingerprint density at radius 3 is 2.58 bits per heavy atom. The molecule has 0 aromatic rings. The van der Waals surface area contributed by atoms with Crippen molar-refractivity contribution in [2.75, 3.05) is 33.3 Å². The quantitative estimate of drug-likeness (QED) is 0.683. The van der Waals surface area contributed by atoms with Crippen LogP contribution in [-0.4, -0.2) is 55.7 Å². The van der Waals surface area contributed by atoms with E-state index in [1.54, 1.807) is 7.11 Å². The molecule has 1 amide bonds. The van der Waals surface area contributed by atoms with Crippen molar-refractivity contribution in [3.05, 3.63) is 0 Å². The van der Waals surface area contributed by atoms with Crippen LogP contribution >= 0.6 is 0 Å². The molecule has 0 bridgehead atoms. The molecular formula is C14H29N3O2. The minimum atomic E-state index is -0.589. The lowest BCUT2D eigenvalue weighted by atomic mass is 9.95. The number of carbonyl (C=O) groups excluding carboxylic acids is 1. The Balaban J connectivity index is 2.38. The third-order valence-electron chi connectivity index (χ3n) is 4.10. The molecule has 1 aliphatic rings. The number of likely N-dealkylation sites (tertiary alicyclic amines) is 1. The molecule has 0 spiro atoms. The van der Waals surface area contributed by atoms with Gasteiger partial charge < -0.3 is 20.7 Å². The Bertz CT molecular complexity index is 278. The highest BCUT2D eigenvalue weighted by Gasteiger charge is 2.31. The van der Waals surface area contributed by atoms with Gasteiger partial charge in [-0.3, -0.25) is 4.79 Å². The van der Waals surface area contributed by atoms with Gasteiger partial charge in [0.25, 0.3) is 0 Å². The van der Waals surface area contributed by atoms with Gasteiger partial charge in [0, 0.05) is 26.7 Å². The number of hydrogen-bond acceptors (Lipinski definition) is 4. The lowest BCUT2D eigenvalue weighted by Gasteiger charge is -2.34. The lowest BCUT2D eigenvalue weighted by molar-refractivity contribution is -0.124. The van der Waals surface area contributed by atoms with Gasteiger partial charge >= 0.3 is 0 Å². The van der Waals surface area contributed by atoms with Gasteiger partial charge in [0.1, 0.15) is 0 Å². The summed E-state index contributed by atoms with van der Waals surface area (Å²) in [6.45, 7) is 7.82. The van der Waals surface area contributed by atoms with Crippen LogP contribution in [-0.2, 0) is 9.53 Å². The molecule has 0 aliphatic carbocycles. The summed E-state index contributed by atoms with van der Waals surface area (Å²) in [5.41, 5.74) is 4.94. The van der Waals surface area contributed by atoms with Crippen molar-refractivity contribution >= 4 is 5.91 Å². The summed E-state index contributed by atoms with van der Waals surface area (Å²) in [5.74, 6) is -0.257. The van der Waals surface area contributed by atoms with Crippen molar-refractivity contribution in [1.29, 1.82) is 0 Å². The predicted octanol–water partition coefficient (Wildman–Crippen LogP) is 0.731. The van der Waals surface area contributed by atoms with Gasteiger partial charge in [-0.2, -0.15) is 0 Å². The molecular weight excluding hydrogens is 242 g/mol. The molecule has 0 aromatic heterocycles.